The molecule has 5 heteroatoms. The van der Waals surface area contributed by atoms with E-state index in [1.54, 1.807) is 11.6 Å². The van der Waals surface area contributed by atoms with Crippen LogP contribution in [-0.4, -0.2) is 20.8 Å². The predicted octanol–water partition coefficient (Wildman–Crippen LogP) is 2.82. The van der Waals surface area contributed by atoms with Crippen molar-refractivity contribution in [3.05, 3.63) is 51.8 Å². The lowest BCUT2D eigenvalue weighted by Crippen LogP contribution is -2.21. The van der Waals surface area contributed by atoms with Gasteiger partial charge < -0.3 is 0 Å². The second-order valence-corrected chi connectivity index (χ2v) is 6.26. The molecule has 0 unspecified atom stereocenters. The van der Waals surface area contributed by atoms with Crippen molar-refractivity contribution in [2.24, 2.45) is 7.05 Å². The van der Waals surface area contributed by atoms with Crippen LogP contribution in [0.15, 0.2) is 40.3 Å². The van der Waals surface area contributed by atoms with E-state index in [9.17, 15) is 4.79 Å². The van der Waals surface area contributed by atoms with Crippen LogP contribution in [-0.2, 0) is 19.9 Å². The Morgan fingerprint density at radius 1 is 1.14 bits per heavy atom. The Balaban J connectivity index is 2.07. The number of nitrogens with zero attached hydrogens (tertiary/aromatic N) is 3. The Morgan fingerprint density at radius 3 is 2.73 bits per heavy atom. The highest BCUT2D eigenvalue weighted by Gasteiger charge is 2.19. The Morgan fingerprint density at radius 2 is 1.91 bits per heavy atom. The second kappa shape index (κ2) is 4.95. The van der Waals surface area contributed by atoms with Gasteiger partial charge in [-0.25, -0.2) is 9.97 Å². The fourth-order valence-corrected chi connectivity index (χ4v) is 3.60. The molecule has 0 atom stereocenters. The minimum atomic E-state index is -0.0245. The highest BCUT2D eigenvalue weighted by Crippen LogP contribution is 2.33. The highest BCUT2D eigenvalue weighted by atomic mass is 32.2. The molecule has 4 rings (SSSR count). The van der Waals surface area contributed by atoms with Gasteiger partial charge in [-0.05, 0) is 36.3 Å². The average Bonchev–Trinajstić information content (AvgIpc) is 2.56. The molecule has 0 radical (unpaired) electrons. The summed E-state index contributed by atoms with van der Waals surface area (Å²) in [5, 5.41) is 1.30. The van der Waals surface area contributed by atoms with Crippen molar-refractivity contribution < 1.29 is 0 Å². The molecule has 0 saturated carbocycles. The van der Waals surface area contributed by atoms with Gasteiger partial charge >= 0.3 is 0 Å². The van der Waals surface area contributed by atoms with Crippen molar-refractivity contribution in [3.63, 3.8) is 0 Å². The fourth-order valence-electron chi connectivity index (χ4n) is 3.07. The SMILES string of the molecule is CSc1nc2nc3c(cc2c(=O)n1C)CCc1ccccc1-3. The van der Waals surface area contributed by atoms with Gasteiger partial charge in [0.1, 0.15) is 0 Å². The maximum Gasteiger partial charge on any atom is 0.263 e. The minimum absolute atomic E-state index is 0.0245. The summed E-state index contributed by atoms with van der Waals surface area (Å²) in [6, 6.07) is 10.3. The van der Waals surface area contributed by atoms with E-state index in [0.29, 0.717) is 16.2 Å². The van der Waals surface area contributed by atoms with Gasteiger partial charge in [0.05, 0.1) is 11.1 Å². The smallest absolute Gasteiger partial charge is 0.263 e. The van der Waals surface area contributed by atoms with Crippen molar-refractivity contribution in [2.45, 2.75) is 18.0 Å². The standard InChI is InChI=1S/C17H15N3OS/c1-20-16(21)13-9-11-8-7-10-5-3-4-6-12(10)14(11)18-15(13)19-17(20)22-2/h3-6,9H,7-8H2,1-2H3. The van der Waals surface area contributed by atoms with Crippen LogP contribution in [0.25, 0.3) is 22.3 Å². The lowest BCUT2D eigenvalue weighted by Gasteiger charge is -2.19. The zero-order valence-electron chi connectivity index (χ0n) is 12.5. The summed E-state index contributed by atoms with van der Waals surface area (Å²) in [5.41, 5.74) is 5.12. The van der Waals surface area contributed by atoms with Crippen LogP contribution in [0.3, 0.4) is 0 Å². The molecule has 0 spiro atoms. The van der Waals surface area contributed by atoms with E-state index in [4.69, 9.17) is 4.98 Å². The van der Waals surface area contributed by atoms with Crippen LogP contribution in [0.4, 0.5) is 0 Å². The number of benzene rings is 1. The van der Waals surface area contributed by atoms with Gasteiger partial charge in [0.25, 0.3) is 5.56 Å². The summed E-state index contributed by atoms with van der Waals surface area (Å²) in [7, 11) is 1.76. The first-order valence-electron chi connectivity index (χ1n) is 7.22. The molecule has 1 aromatic carbocycles. The Hall–Kier alpha value is -2.14. The molecule has 2 aromatic heterocycles. The number of hydrogen-bond acceptors (Lipinski definition) is 4. The van der Waals surface area contributed by atoms with Crippen LogP contribution >= 0.6 is 11.8 Å². The largest absolute Gasteiger partial charge is 0.290 e. The number of aryl methyl sites for hydroxylation is 2. The Bertz CT molecular complexity index is 962. The first-order valence-corrected chi connectivity index (χ1v) is 8.44. The van der Waals surface area contributed by atoms with Gasteiger partial charge in [-0.1, -0.05) is 36.0 Å². The maximum absolute atomic E-state index is 12.5. The summed E-state index contributed by atoms with van der Waals surface area (Å²) in [6.07, 6.45) is 3.83. The molecule has 0 saturated heterocycles. The zero-order chi connectivity index (χ0) is 15.3. The third-order valence-electron chi connectivity index (χ3n) is 4.22. The molecular weight excluding hydrogens is 294 g/mol. The van der Waals surface area contributed by atoms with Gasteiger partial charge in [-0.2, -0.15) is 0 Å². The summed E-state index contributed by atoms with van der Waals surface area (Å²) in [4.78, 5) is 21.8. The van der Waals surface area contributed by atoms with Crippen molar-refractivity contribution in [1.29, 1.82) is 0 Å². The molecule has 1 aliphatic rings. The quantitative estimate of drug-likeness (QED) is 0.512. The van der Waals surface area contributed by atoms with E-state index in [1.807, 2.05) is 18.4 Å². The van der Waals surface area contributed by atoms with Crippen LogP contribution in [0.1, 0.15) is 11.1 Å². The number of aromatic nitrogens is 3. The summed E-state index contributed by atoms with van der Waals surface area (Å²) in [6.45, 7) is 0. The lowest BCUT2D eigenvalue weighted by atomic mass is 9.89. The number of hydrogen-bond donors (Lipinski definition) is 0. The van der Waals surface area contributed by atoms with E-state index in [2.05, 4.69) is 23.2 Å². The Kier molecular flexibility index (Phi) is 3.04. The molecule has 1 aliphatic carbocycles. The van der Waals surface area contributed by atoms with Crippen LogP contribution in [0.5, 0.6) is 0 Å². The molecule has 4 nitrogen and oxygen atoms in total. The van der Waals surface area contributed by atoms with Crippen LogP contribution < -0.4 is 5.56 Å². The topological polar surface area (TPSA) is 47.8 Å². The second-order valence-electron chi connectivity index (χ2n) is 5.49. The molecule has 2 heterocycles. The Labute approximate surface area is 132 Å². The van der Waals surface area contributed by atoms with Crippen molar-refractivity contribution in [1.82, 2.24) is 14.5 Å². The van der Waals surface area contributed by atoms with Crippen LogP contribution in [0, 0.1) is 0 Å². The lowest BCUT2D eigenvalue weighted by molar-refractivity contribution is 0.724. The van der Waals surface area contributed by atoms with Gasteiger partial charge in [-0.15, -0.1) is 0 Å². The first kappa shape index (κ1) is 13.5. The van der Waals surface area contributed by atoms with E-state index >= 15 is 0 Å². The van der Waals surface area contributed by atoms with E-state index in [1.165, 1.54) is 22.9 Å². The average molecular weight is 309 g/mol. The molecule has 3 aromatic rings. The normalized spacial score (nSPS) is 13.0. The molecule has 0 amide bonds. The van der Waals surface area contributed by atoms with Crippen LogP contribution in [0.2, 0.25) is 0 Å². The highest BCUT2D eigenvalue weighted by molar-refractivity contribution is 7.98. The molecule has 0 fully saturated rings. The maximum atomic E-state index is 12.5. The van der Waals surface area contributed by atoms with E-state index in [-0.39, 0.29) is 5.56 Å². The molecular formula is C17H15N3OS. The minimum Gasteiger partial charge on any atom is -0.290 e. The number of thioether (sulfide) groups is 1. The molecule has 0 N–H and O–H groups in total. The third kappa shape index (κ3) is 1.89. The third-order valence-corrected chi connectivity index (χ3v) is 4.95. The van der Waals surface area contributed by atoms with Crippen molar-refractivity contribution in [2.75, 3.05) is 6.26 Å². The predicted molar refractivity (Wildman–Crippen MR) is 89.4 cm³/mol. The van der Waals surface area contributed by atoms with Gasteiger partial charge in [0.2, 0.25) is 0 Å². The molecule has 0 aliphatic heterocycles. The summed E-state index contributed by atoms with van der Waals surface area (Å²) < 4.78 is 1.60. The van der Waals surface area contributed by atoms with Crippen molar-refractivity contribution >= 4 is 22.8 Å². The molecule has 0 bridgehead atoms. The fraction of sp³-hybridized carbons (Fsp3) is 0.235. The van der Waals surface area contributed by atoms with Gasteiger partial charge in [-0.3, -0.25) is 9.36 Å². The van der Waals surface area contributed by atoms with Crippen molar-refractivity contribution in [3.8, 4) is 11.3 Å². The number of rotatable bonds is 1. The first-order chi connectivity index (χ1) is 10.7. The van der Waals surface area contributed by atoms with E-state index in [0.717, 1.165) is 24.1 Å². The molecule has 22 heavy (non-hydrogen) atoms. The monoisotopic (exact) mass is 309 g/mol. The van der Waals surface area contributed by atoms with Gasteiger partial charge in [0, 0.05) is 12.6 Å². The molecule has 110 valence electrons. The zero-order valence-corrected chi connectivity index (χ0v) is 13.3. The number of pyridine rings is 1. The summed E-state index contributed by atoms with van der Waals surface area (Å²) in [5.74, 6) is 0. The summed E-state index contributed by atoms with van der Waals surface area (Å²) >= 11 is 1.46. The van der Waals surface area contributed by atoms with Gasteiger partial charge in [0.15, 0.2) is 10.8 Å². The number of fused-ring (bicyclic) bond motifs is 4. The van der Waals surface area contributed by atoms with E-state index < -0.39 is 0 Å².